The van der Waals surface area contributed by atoms with Gasteiger partial charge in [0.15, 0.2) is 0 Å². The van der Waals surface area contributed by atoms with E-state index in [-0.39, 0.29) is 6.04 Å². The molecule has 1 atom stereocenters. The first kappa shape index (κ1) is 14.7. The Labute approximate surface area is 129 Å². The maximum atomic E-state index is 12.1. The second kappa shape index (κ2) is 6.72. The third-order valence-corrected chi connectivity index (χ3v) is 4.18. The van der Waals surface area contributed by atoms with E-state index in [4.69, 9.17) is 0 Å². The van der Waals surface area contributed by atoms with Crippen LogP contribution in [0.4, 0.5) is 5.95 Å². The molecule has 0 bridgehead atoms. The number of carbonyl (C=O) groups is 2. The van der Waals surface area contributed by atoms with Crippen LogP contribution >= 0.6 is 0 Å². The maximum Gasteiger partial charge on any atom is 0.311 e. The van der Waals surface area contributed by atoms with E-state index in [9.17, 15) is 9.59 Å². The van der Waals surface area contributed by atoms with Gasteiger partial charge in [-0.25, -0.2) is 9.97 Å². The van der Waals surface area contributed by atoms with E-state index in [1.165, 1.54) is 0 Å². The van der Waals surface area contributed by atoms with Crippen molar-refractivity contribution in [1.82, 2.24) is 20.2 Å². The summed E-state index contributed by atoms with van der Waals surface area (Å²) in [6, 6.07) is 1.75. The molecule has 1 aromatic heterocycles. The molecule has 3 heterocycles. The Morgan fingerprint density at radius 1 is 1.09 bits per heavy atom. The lowest BCUT2D eigenvalue weighted by Crippen LogP contribution is -2.52. The first-order valence-electron chi connectivity index (χ1n) is 7.86. The smallest absolute Gasteiger partial charge is 0.311 e. The lowest BCUT2D eigenvalue weighted by Gasteiger charge is -2.33. The number of nitrogens with zero attached hydrogens (tertiary/aromatic N) is 4. The quantitative estimate of drug-likeness (QED) is 0.789. The molecule has 0 spiro atoms. The number of nitrogens with one attached hydrogen (secondary N) is 1. The molecule has 1 N–H and O–H groups in total. The fourth-order valence-corrected chi connectivity index (χ4v) is 3.04. The summed E-state index contributed by atoms with van der Waals surface area (Å²) in [5, 5.41) is 2.87. The largest absolute Gasteiger partial charge is 0.343 e. The van der Waals surface area contributed by atoms with E-state index in [0.717, 1.165) is 32.2 Å². The van der Waals surface area contributed by atoms with Crippen LogP contribution in [0.25, 0.3) is 0 Å². The summed E-state index contributed by atoms with van der Waals surface area (Å²) < 4.78 is 0. The fourth-order valence-electron chi connectivity index (χ4n) is 3.04. The topological polar surface area (TPSA) is 78.4 Å². The first-order chi connectivity index (χ1) is 10.7. The Kier molecular flexibility index (Phi) is 4.50. The zero-order valence-electron chi connectivity index (χ0n) is 12.6. The Morgan fingerprint density at radius 3 is 2.55 bits per heavy atom. The van der Waals surface area contributed by atoms with Crippen LogP contribution in [0.3, 0.4) is 0 Å². The predicted molar refractivity (Wildman–Crippen MR) is 81.2 cm³/mol. The highest BCUT2D eigenvalue weighted by molar-refractivity contribution is 6.35. The van der Waals surface area contributed by atoms with Crippen LogP contribution in [-0.4, -0.2) is 58.9 Å². The average molecular weight is 303 g/mol. The summed E-state index contributed by atoms with van der Waals surface area (Å²) in [5.41, 5.74) is 0. The molecular weight excluding hydrogens is 282 g/mol. The summed E-state index contributed by atoms with van der Waals surface area (Å²) >= 11 is 0. The third-order valence-electron chi connectivity index (χ3n) is 4.18. The molecule has 2 amide bonds. The van der Waals surface area contributed by atoms with E-state index in [1.807, 2.05) is 0 Å². The summed E-state index contributed by atoms with van der Waals surface area (Å²) in [6.45, 7) is 2.90. The molecule has 2 aliphatic heterocycles. The van der Waals surface area contributed by atoms with E-state index >= 15 is 0 Å². The van der Waals surface area contributed by atoms with Crippen LogP contribution in [0.2, 0.25) is 0 Å². The molecule has 3 rings (SSSR count). The molecule has 0 saturated carbocycles. The number of aromatic nitrogens is 2. The molecule has 2 fully saturated rings. The van der Waals surface area contributed by atoms with E-state index in [1.54, 1.807) is 23.4 Å². The van der Waals surface area contributed by atoms with Gasteiger partial charge in [0, 0.05) is 44.6 Å². The maximum absolute atomic E-state index is 12.1. The van der Waals surface area contributed by atoms with E-state index in [2.05, 4.69) is 20.2 Å². The highest BCUT2D eigenvalue weighted by Gasteiger charge is 2.28. The molecule has 7 nitrogen and oxygen atoms in total. The van der Waals surface area contributed by atoms with E-state index < -0.39 is 11.8 Å². The van der Waals surface area contributed by atoms with Crippen molar-refractivity contribution in [3.05, 3.63) is 18.5 Å². The number of piperidine rings is 1. The second-order valence-electron chi connectivity index (χ2n) is 5.81. The average Bonchev–Trinajstić information content (AvgIpc) is 3.09. The van der Waals surface area contributed by atoms with Crippen molar-refractivity contribution in [2.24, 2.45) is 0 Å². The van der Waals surface area contributed by atoms with Gasteiger partial charge in [-0.2, -0.15) is 0 Å². The van der Waals surface area contributed by atoms with Crippen LogP contribution in [-0.2, 0) is 9.59 Å². The molecular formula is C15H21N5O2. The van der Waals surface area contributed by atoms with Crippen LogP contribution in [0.15, 0.2) is 18.5 Å². The SMILES string of the molecule is O=C(NC1CCCN(c2ncccn2)C1)C(=O)N1CCCC1. The van der Waals surface area contributed by atoms with Gasteiger partial charge in [-0.05, 0) is 31.7 Å². The number of hydrogen-bond donors (Lipinski definition) is 1. The standard InChI is InChI=1S/C15H21N5O2/c21-13(14(22)19-8-1-2-9-19)18-12-5-3-10-20(11-12)15-16-6-4-7-17-15/h4,6-7,12H,1-3,5,8-11H2,(H,18,21). The monoisotopic (exact) mass is 303 g/mol. The van der Waals surface area contributed by atoms with Gasteiger partial charge in [-0.1, -0.05) is 0 Å². The van der Waals surface area contributed by atoms with Crippen molar-refractivity contribution in [2.75, 3.05) is 31.1 Å². The van der Waals surface area contributed by atoms with Gasteiger partial charge >= 0.3 is 11.8 Å². The van der Waals surface area contributed by atoms with Gasteiger partial charge in [0.1, 0.15) is 0 Å². The van der Waals surface area contributed by atoms with Crippen molar-refractivity contribution < 1.29 is 9.59 Å². The van der Waals surface area contributed by atoms with Crippen LogP contribution in [0, 0.1) is 0 Å². The van der Waals surface area contributed by atoms with Crippen LogP contribution in [0.1, 0.15) is 25.7 Å². The van der Waals surface area contributed by atoms with Gasteiger partial charge in [-0.3, -0.25) is 9.59 Å². The fraction of sp³-hybridized carbons (Fsp3) is 0.600. The Balaban J connectivity index is 1.56. The number of anilines is 1. The minimum Gasteiger partial charge on any atom is -0.343 e. The zero-order chi connectivity index (χ0) is 15.4. The van der Waals surface area contributed by atoms with E-state index in [0.29, 0.717) is 25.6 Å². The van der Waals surface area contributed by atoms with Crippen molar-refractivity contribution in [3.8, 4) is 0 Å². The van der Waals surface area contributed by atoms with Gasteiger partial charge in [-0.15, -0.1) is 0 Å². The van der Waals surface area contributed by atoms with Crippen LogP contribution in [0.5, 0.6) is 0 Å². The molecule has 2 saturated heterocycles. The zero-order valence-corrected chi connectivity index (χ0v) is 12.6. The summed E-state index contributed by atoms with van der Waals surface area (Å²) in [7, 11) is 0. The third kappa shape index (κ3) is 3.35. The second-order valence-corrected chi connectivity index (χ2v) is 5.81. The van der Waals surface area contributed by atoms with Crippen molar-refractivity contribution >= 4 is 17.8 Å². The Bertz CT molecular complexity index is 530. The van der Waals surface area contributed by atoms with Crippen molar-refractivity contribution in [1.29, 1.82) is 0 Å². The number of likely N-dealkylation sites (tertiary alicyclic amines) is 1. The number of rotatable bonds is 2. The molecule has 0 aliphatic carbocycles. The van der Waals surface area contributed by atoms with Gasteiger partial charge in [0.05, 0.1) is 0 Å². The molecule has 22 heavy (non-hydrogen) atoms. The van der Waals surface area contributed by atoms with Gasteiger partial charge in [0.2, 0.25) is 5.95 Å². The number of amides is 2. The van der Waals surface area contributed by atoms with Gasteiger partial charge < -0.3 is 15.1 Å². The molecule has 1 unspecified atom stereocenters. The molecule has 2 aliphatic rings. The molecule has 0 aromatic carbocycles. The highest BCUT2D eigenvalue weighted by atomic mass is 16.2. The van der Waals surface area contributed by atoms with Gasteiger partial charge in [0.25, 0.3) is 0 Å². The van der Waals surface area contributed by atoms with Crippen LogP contribution < -0.4 is 10.2 Å². The summed E-state index contributed by atoms with van der Waals surface area (Å²) in [5.74, 6) is -0.208. The normalized spacial score (nSPS) is 21.7. The summed E-state index contributed by atoms with van der Waals surface area (Å²) in [4.78, 5) is 36.3. The lowest BCUT2D eigenvalue weighted by molar-refractivity contribution is -0.145. The summed E-state index contributed by atoms with van der Waals surface area (Å²) in [6.07, 6.45) is 7.22. The Morgan fingerprint density at radius 2 is 1.82 bits per heavy atom. The lowest BCUT2D eigenvalue weighted by atomic mass is 10.1. The minimum absolute atomic E-state index is 0.0309. The van der Waals surface area contributed by atoms with Crippen molar-refractivity contribution in [3.63, 3.8) is 0 Å². The number of carbonyl (C=O) groups excluding carboxylic acids is 2. The highest BCUT2D eigenvalue weighted by Crippen LogP contribution is 2.15. The molecule has 118 valence electrons. The number of hydrogen-bond acceptors (Lipinski definition) is 5. The minimum atomic E-state index is -0.484. The first-order valence-corrected chi connectivity index (χ1v) is 7.86. The molecule has 0 radical (unpaired) electrons. The Hall–Kier alpha value is -2.18. The van der Waals surface area contributed by atoms with Crippen molar-refractivity contribution in [2.45, 2.75) is 31.7 Å². The predicted octanol–water partition coefficient (Wildman–Crippen LogP) is 0.184. The molecule has 7 heteroatoms. The molecule has 1 aromatic rings.